The van der Waals surface area contributed by atoms with Gasteiger partial charge in [0, 0.05) is 48.8 Å². The van der Waals surface area contributed by atoms with Crippen molar-refractivity contribution in [3.8, 4) is 11.1 Å². The number of ether oxygens (including phenoxy) is 1. The Hall–Kier alpha value is -3.94. The first-order valence-electron chi connectivity index (χ1n) is 14.2. The number of sulfone groups is 1. The van der Waals surface area contributed by atoms with Crippen LogP contribution >= 0.6 is 11.3 Å². The normalized spacial score (nSPS) is 14.1. The summed E-state index contributed by atoms with van der Waals surface area (Å²) in [4.78, 5) is 35.4. The molecule has 0 aliphatic heterocycles. The molecule has 45 heavy (non-hydrogen) atoms. The highest BCUT2D eigenvalue weighted by Gasteiger charge is 2.50. The third-order valence-corrected chi connectivity index (χ3v) is 9.57. The predicted molar refractivity (Wildman–Crippen MR) is 170 cm³/mol. The molecule has 13 heteroatoms. The van der Waals surface area contributed by atoms with E-state index in [1.165, 1.54) is 35.6 Å². The van der Waals surface area contributed by atoms with E-state index in [0.717, 1.165) is 11.9 Å². The number of carbonyl (C=O) groups excluding carboxylic acids is 1. The van der Waals surface area contributed by atoms with Crippen molar-refractivity contribution in [2.24, 2.45) is 12.5 Å². The number of aromatic nitrogens is 3. The topological polar surface area (TPSA) is 140 Å². The molecule has 2 N–H and O–H groups in total. The first kappa shape index (κ1) is 33.9. The SMILES string of the molecule is Cn1cncc1CCOC(c1ccc(C(=O)N[C@](CCS(C)(=O)=O)(C(=O)O)C(C)(C)C)c(-c2ccc(F)cc2)c1)c1nccs1. The van der Waals surface area contributed by atoms with Gasteiger partial charge in [-0.3, -0.25) is 4.79 Å². The van der Waals surface area contributed by atoms with E-state index < -0.39 is 50.3 Å². The van der Waals surface area contributed by atoms with Gasteiger partial charge in [0.15, 0.2) is 0 Å². The number of carbonyl (C=O) groups is 2. The minimum atomic E-state index is -3.54. The lowest BCUT2D eigenvalue weighted by Gasteiger charge is -2.42. The van der Waals surface area contributed by atoms with Crippen LogP contribution in [0.4, 0.5) is 4.39 Å². The summed E-state index contributed by atoms with van der Waals surface area (Å²) in [5.74, 6) is -2.96. The summed E-state index contributed by atoms with van der Waals surface area (Å²) >= 11 is 1.42. The average Bonchev–Trinajstić information content (AvgIpc) is 3.64. The molecule has 0 aliphatic rings. The first-order chi connectivity index (χ1) is 21.1. The third kappa shape index (κ3) is 8.02. The van der Waals surface area contributed by atoms with Gasteiger partial charge in [-0.1, -0.05) is 39.0 Å². The van der Waals surface area contributed by atoms with Crippen molar-refractivity contribution in [3.63, 3.8) is 0 Å². The van der Waals surface area contributed by atoms with E-state index in [1.807, 2.05) is 17.0 Å². The number of hydrogen-bond donors (Lipinski definition) is 2. The number of aryl methyl sites for hydroxylation is 1. The monoisotopic (exact) mass is 656 g/mol. The van der Waals surface area contributed by atoms with Crippen LogP contribution in [-0.2, 0) is 32.8 Å². The summed E-state index contributed by atoms with van der Waals surface area (Å²) in [6.07, 6.45) is 5.86. The maximum Gasteiger partial charge on any atom is 0.330 e. The zero-order valence-electron chi connectivity index (χ0n) is 25.8. The molecule has 0 bridgehead atoms. The van der Waals surface area contributed by atoms with Crippen molar-refractivity contribution in [1.29, 1.82) is 0 Å². The molecule has 1 amide bonds. The molecule has 2 heterocycles. The Kier molecular flexibility index (Phi) is 10.3. The number of halogens is 1. The van der Waals surface area contributed by atoms with Crippen molar-refractivity contribution in [3.05, 3.63) is 94.2 Å². The van der Waals surface area contributed by atoms with E-state index in [-0.39, 0.29) is 12.0 Å². The summed E-state index contributed by atoms with van der Waals surface area (Å²) in [7, 11) is -1.64. The minimum absolute atomic E-state index is 0.132. The van der Waals surface area contributed by atoms with Crippen molar-refractivity contribution < 1.29 is 32.2 Å². The molecule has 1 unspecified atom stereocenters. The van der Waals surface area contributed by atoms with Crippen molar-refractivity contribution in [1.82, 2.24) is 19.9 Å². The Balaban J connectivity index is 1.76. The molecule has 4 rings (SSSR count). The van der Waals surface area contributed by atoms with Gasteiger partial charge in [0.1, 0.15) is 32.3 Å². The van der Waals surface area contributed by atoms with Gasteiger partial charge in [-0.15, -0.1) is 11.3 Å². The fourth-order valence-corrected chi connectivity index (χ4v) is 6.47. The average molecular weight is 657 g/mol. The summed E-state index contributed by atoms with van der Waals surface area (Å²) in [5.41, 5.74) is -0.238. The van der Waals surface area contributed by atoms with Crippen LogP contribution in [0.15, 0.2) is 66.6 Å². The standard InChI is InChI=1S/C32H37FN4O6S2/c1-31(2,3)32(30(39)40,13-17-45(5,41)42)36-28(38)25-11-8-22(18-26(25)21-6-9-23(33)10-7-21)27(29-35-14-16-44-29)43-15-12-24-19-34-20-37(24)4/h6-11,14,16,18-20,27H,12-13,15,17H2,1-5H3,(H,36,38)(H,39,40)/t27?,32-/m1/s1. The van der Waals surface area contributed by atoms with Gasteiger partial charge >= 0.3 is 5.97 Å². The van der Waals surface area contributed by atoms with Crippen molar-refractivity contribution >= 4 is 33.1 Å². The second-order valence-corrected chi connectivity index (χ2v) is 15.2. The summed E-state index contributed by atoms with van der Waals surface area (Å²) in [6, 6.07) is 10.7. The third-order valence-electron chi connectivity index (χ3n) is 7.80. The Bertz CT molecular complexity index is 1750. The van der Waals surface area contributed by atoms with Crippen LogP contribution in [-0.4, -0.2) is 64.1 Å². The minimum Gasteiger partial charge on any atom is -0.479 e. The molecule has 2 atom stereocenters. The molecular weight excluding hydrogens is 620 g/mol. The number of nitrogens with one attached hydrogen (secondary N) is 1. The second-order valence-electron chi connectivity index (χ2n) is 12.0. The maximum atomic E-state index is 14.0. The van der Waals surface area contributed by atoms with Gasteiger partial charge in [0.05, 0.1) is 18.7 Å². The quantitative estimate of drug-likeness (QED) is 0.203. The van der Waals surface area contributed by atoms with E-state index >= 15 is 0 Å². The van der Waals surface area contributed by atoms with E-state index in [0.29, 0.717) is 34.7 Å². The van der Waals surface area contributed by atoms with Gasteiger partial charge < -0.3 is 19.7 Å². The molecule has 2 aromatic carbocycles. The molecule has 2 aromatic heterocycles. The van der Waals surface area contributed by atoms with Crippen LogP contribution in [0.5, 0.6) is 0 Å². The van der Waals surface area contributed by atoms with E-state index in [4.69, 9.17) is 4.74 Å². The maximum absolute atomic E-state index is 14.0. The molecule has 0 fully saturated rings. The lowest BCUT2D eigenvalue weighted by molar-refractivity contribution is -0.149. The number of rotatable bonds is 13. The number of carboxylic acids is 1. The van der Waals surface area contributed by atoms with Crippen LogP contribution < -0.4 is 5.32 Å². The number of nitrogens with zero attached hydrogens (tertiary/aromatic N) is 3. The summed E-state index contributed by atoms with van der Waals surface area (Å²) in [5, 5.41) is 15.6. The smallest absolute Gasteiger partial charge is 0.330 e. The number of benzene rings is 2. The molecule has 0 spiro atoms. The van der Waals surface area contributed by atoms with Crippen molar-refractivity contribution in [2.45, 2.75) is 45.3 Å². The highest BCUT2D eigenvalue weighted by molar-refractivity contribution is 7.90. The van der Waals surface area contributed by atoms with Gasteiger partial charge in [0.25, 0.3) is 5.91 Å². The Labute approximate surface area is 266 Å². The van der Waals surface area contributed by atoms with Gasteiger partial charge in [0.2, 0.25) is 0 Å². The van der Waals surface area contributed by atoms with Crippen molar-refractivity contribution in [2.75, 3.05) is 18.6 Å². The van der Waals surface area contributed by atoms with E-state index in [9.17, 15) is 27.5 Å². The number of thiazole rings is 1. The summed E-state index contributed by atoms with van der Waals surface area (Å²) in [6.45, 7) is 5.25. The number of imidazole rings is 1. The zero-order valence-corrected chi connectivity index (χ0v) is 27.4. The molecule has 4 aromatic rings. The second kappa shape index (κ2) is 13.6. The van der Waals surface area contributed by atoms with E-state index in [2.05, 4.69) is 15.3 Å². The van der Waals surface area contributed by atoms with Crippen LogP contribution in [0.1, 0.15) is 59.9 Å². The molecule has 0 saturated heterocycles. The van der Waals surface area contributed by atoms with Crippen LogP contribution in [0.2, 0.25) is 0 Å². The molecule has 10 nitrogen and oxygen atoms in total. The zero-order chi connectivity index (χ0) is 33.0. The number of aliphatic carboxylic acids is 1. The highest BCUT2D eigenvalue weighted by Crippen LogP contribution is 2.37. The molecular formula is C32H37FN4O6S2. The van der Waals surface area contributed by atoms with Crippen LogP contribution in [0.3, 0.4) is 0 Å². The van der Waals surface area contributed by atoms with Gasteiger partial charge in [-0.2, -0.15) is 0 Å². The van der Waals surface area contributed by atoms with Gasteiger partial charge in [-0.05, 0) is 52.8 Å². The fourth-order valence-electron chi connectivity index (χ4n) is 5.08. The molecule has 0 radical (unpaired) electrons. The Morgan fingerprint density at radius 1 is 1.16 bits per heavy atom. The van der Waals surface area contributed by atoms with Gasteiger partial charge in [-0.25, -0.2) is 27.6 Å². The Morgan fingerprint density at radius 2 is 1.87 bits per heavy atom. The van der Waals surface area contributed by atoms with Crippen LogP contribution in [0.25, 0.3) is 11.1 Å². The number of hydrogen-bond acceptors (Lipinski definition) is 8. The molecule has 240 valence electrons. The predicted octanol–water partition coefficient (Wildman–Crippen LogP) is 5.07. The number of carboxylic acid groups (broad SMARTS) is 1. The lowest BCUT2D eigenvalue weighted by Crippen LogP contribution is -2.63. The number of amides is 1. The largest absolute Gasteiger partial charge is 0.479 e. The van der Waals surface area contributed by atoms with Crippen LogP contribution in [0, 0.1) is 11.2 Å². The van der Waals surface area contributed by atoms with E-state index in [1.54, 1.807) is 57.7 Å². The fraction of sp³-hybridized carbons (Fsp3) is 0.375. The highest BCUT2D eigenvalue weighted by atomic mass is 32.2. The lowest BCUT2D eigenvalue weighted by atomic mass is 9.71. The molecule has 0 saturated carbocycles. The summed E-state index contributed by atoms with van der Waals surface area (Å²) < 4.78 is 46.3. The molecule has 0 aliphatic carbocycles. The first-order valence-corrected chi connectivity index (χ1v) is 17.1. The Morgan fingerprint density at radius 3 is 2.42 bits per heavy atom.